The van der Waals surface area contributed by atoms with Crippen LogP contribution in [-0.2, 0) is 16.2 Å². The predicted molar refractivity (Wildman–Crippen MR) is 83.6 cm³/mol. The highest BCUT2D eigenvalue weighted by molar-refractivity contribution is 7.92. The summed E-state index contributed by atoms with van der Waals surface area (Å²) < 4.78 is 71.6. The Hall–Kier alpha value is -2.73. The third-order valence-corrected chi connectivity index (χ3v) is 5.44. The summed E-state index contributed by atoms with van der Waals surface area (Å²) >= 11 is 0. The molecular weight excluding hydrogens is 357 g/mol. The Labute approximate surface area is 142 Å². The van der Waals surface area contributed by atoms with Crippen molar-refractivity contribution >= 4 is 15.7 Å². The molecule has 1 aromatic heterocycles. The normalized spacial score (nSPS) is 14.4. The molecule has 0 unspecified atom stereocenters. The molecule has 130 valence electrons. The van der Waals surface area contributed by atoms with Crippen LogP contribution in [0.1, 0.15) is 11.1 Å². The van der Waals surface area contributed by atoms with Gasteiger partial charge in [-0.3, -0.25) is 9.29 Å². The minimum Gasteiger partial charge on any atom is -0.489 e. The first-order chi connectivity index (χ1) is 11.7. The number of ether oxygens (including phenoxy) is 1. The molecule has 5 nitrogen and oxygen atoms in total. The van der Waals surface area contributed by atoms with E-state index >= 15 is 0 Å². The van der Waals surface area contributed by atoms with E-state index in [4.69, 9.17) is 11.2 Å². The number of rotatable bonds is 2. The second-order valence-corrected chi connectivity index (χ2v) is 6.95. The largest absolute Gasteiger partial charge is 0.489 e. The van der Waals surface area contributed by atoms with Gasteiger partial charge in [-0.05, 0) is 24.3 Å². The number of alkyl halides is 3. The highest BCUT2D eigenvalue weighted by Gasteiger charge is 2.40. The van der Waals surface area contributed by atoms with Gasteiger partial charge in [0.25, 0.3) is 10.0 Å². The molecule has 1 aliphatic rings. The SMILES string of the molecule is C#Cc1ccc2c(c1)N(S(=O)(=O)c1cnccc1C(F)(F)F)CCO2. The molecular formula is C16H11F3N2O3S. The lowest BCUT2D eigenvalue weighted by molar-refractivity contribution is -0.140. The molecule has 9 heteroatoms. The number of hydrogen-bond donors (Lipinski definition) is 0. The molecule has 0 bridgehead atoms. The Balaban J connectivity index is 2.18. The number of fused-ring (bicyclic) bond motifs is 1. The molecule has 0 spiro atoms. The van der Waals surface area contributed by atoms with E-state index in [0.717, 1.165) is 10.5 Å². The first-order valence-corrected chi connectivity index (χ1v) is 8.46. The maximum atomic E-state index is 13.2. The Morgan fingerprint density at radius 3 is 2.72 bits per heavy atom. The fourth-order valence-corrected chi connectivity index (χ4v) is 4.08. The van der Waals surface area contributed by atoms with Crippen molar-refractivity contribution in [1.82, 2.24) is 4.98 Å². The van der Waals surface area contributed by atoms with E-state index < -0.39 is 26.7 Å². The summed E-state index contributed by atoms with van der Waals surface area (Å²) in [6.07, 6.45) is 2.07. The van der Waals surface area contributed by atoms with Crippen LogP contribution in [0.25, 0.3) is 0 Å². The van der Waals surface area contributed by atoms with Crippen LogP contribution in [0, 0.1) is 12.3 Å². The van der Waals surface area contributed by atoms with Gasteiger partial charge in [-0.1, -0.05) is 5.92 Å². The first-order valence-electron chi connectivity index (χ1n) is 7.02. The summed E-state index contributed by atoms with van der Waals surface area (Å²) in [7, 11) is -4.51. The van der Waals surface area contributed by atoms with Crippen LogP contribution in [0.2, 0.25) is 0 Å². The number of pyridine rings is 1. The molecule has 0 amide bonds. The average Bonchev–Trinajstić information content (AvgIpc) is 2.60. The van der Waals surface area contributed by atoms with Gasteiger partial charge in [0, 0.05) is 18.0 Å². The molecule has 0 saturated carbocycles. The summed E-state index contributed by atoms with van der Waals surface area (Å²) in [6, 6.07) is 5.06. The zero-order valence-electron chi connectivity index (χ0n) is 12.6. The number of benzene rings is 1. The van der Waals surface area contributed by atoms with Gasteiger partial charge < -0.3 is 4.74 Å². The van der Waals surface area contributed by atoms with Crippen molar-refractivity contribution in [2.45, 2.75) is 11.1 Å². The van der Waals surface area contributed by atoms with E-state index in [-0.39, 0.29) is 24.6 Å². The summed E-state index contributed by atoms with van der Waals surface area (Å²) in [5, 5.41) is 0. The quantitative estimate of drug-likeness (QED) is 0.765. The van der Waals surface area contributed by atoms with Crippen molar-refractivity contribution in [3.63, 3.8) is 0 Å². The zero-order valence-corrected chi connectivity index (χ0v) is 13.4. The number of hydrogen-bond acceptors (Lipinski definition) is 4. The second kappa shape index (κ2) is 5.97. The predicted octanol–water partition coefficient (Wildman–Crippen LogP) is 2.67. The summed E-state index contributed by atoms with van der Waals surface area (Å²) in [4.78, 5) is 2.62. The lowest BCUT2D eigenvalue weighted by Crippen LogP contribution is -2.38. The molecule has 0 aliphatic carbocycles. The number of sulfonamides is 1. The molecule has 1 aromatic carbocycles. The van der Waals surface area contributed by atoms with Crippen molar-refractivity contribution in [3.8, 4) is 18.1 Å². The number of nitrogens with zero attached hydrogens (tertiary/aromatic N) is 2. The van der Waals surface area contributed by atoms with Gasteiger partial charge in [-0.15, -0.1) is 6.42 Å². The molecule has 2 heterocycles. The van der Waals surface area contributed by atoms with Crippen LogP contribution >= 0.6 is 0 Å². The van der Waals surface area contributed by atoms with Crippen molar-refractivity contribution in [3.05, 3.63) is 47.8 Å². The topological polar surface area (TPSA) is 59.5 Å². The van der Waals surface area contributed by atoms with Gasteiger partial charge in [-0.25, -0.2) is 8.42 Å². The summed E-state index contributed by atoms with van der Waals surface area (Å²) in [5.41, 5.74) is -0.797. The molecule has 0 saturated heterocycles. The van der Waals surface area contributed by atoms with E-state index in [2.05, 4.69) is 10.9 Å². The van der Waals surface area contributed by atoms with E-state index in [9.17, 15) is 21.6 Å². The molecule has 0 radical (unpaired) electrons. The lowest BCUT2D eigenvalue weighted by Gasteiger charge is -2.31. The second-order valence-electron chi connectivity index (χ2n) is 5.12. The number of terminal acetylenes is 1. The minimum absolute atomic E-state index is 0.00322. The minimum atomic E-state index is -4.83. The van der Waals surface area contributed by atoms with E-state index in [1.165, 1.54) is 12.1 Å². The van der Waals surface area contributed by atoms with Gasteiger partial charge in [0.2, 0.25) is 0 Å². The Morgan fingerprint density at radius 2 is 2.04 bits per heavy atom. The van der Waals surface area contributed by atoms with Crippen LogP contribution in [0.5, 0.6) is 5.75 Å². The molecule has 0 atom stereocenters. The van der Waals surface area contributed by atoms with Gasteiger partial charge in [0.1, 0.15) is 17.3 Å². The van der Waals surface area contributed by atoms with Crippen molar-refractivity contribution in [2.24, 2.45) is 0 Å². The van der Waals surface area contributed by atoms with Crippen molar-refractivity contribution in [2.75, 3.05) is 17.5 Å². The van der Waals surface area contributed by atoms with Gasteiger partial charge >= 0.3 is 6.18 Å². The van der Waals surface area contributed by atoms with Crippen LogP contribution in [0.4, 0.5) is 18.9 Å². The first kappa shape index (κ1) is 17.1. The highest BCUT2D eigenvalue weighted by atomic mass is 32.2. The fraction of sp³-hybridized carbons (Fsp3) is 0.188. The van der Waals surface area contributed by atoms with E-state index in [1.807, 2.05) is 0 Å². The average molecular weight is 368 g/mol. The van der Waals surface area contributed by atoms with E-state index in [1.54, 1.807) is 6.07 Å². The third-order valence-electron chi connectivity index (χ3n) is 3.60. The molecule has 2 aromatic rings. The van der Waals surface area contributed by atoms with E-state index in [0.29, 0.717) is 17.8 Å². The van der Waals surface area contributed by atoms with Crippen molar-refractivity contribution < 1.29 is 26.3 Å². The molecule has 3 rings (SSSR count). The monoisotopic (exact) mass is 368 g/mol. The summed E-state index contributed by atoms with van der Waals surface area (Å²) in [6.45, 7) is -0.140. The molecule has 25 heavy (non-hydrogen) atoms. The maximum absolute atomic E-state index is 13.2. The van der Waals surface area contributed by atoms with Gasteiger partial charge in [0.15, 0.2) is 0 Å². The van der Waals surface area contributed by atoms with Crippen LogP contribution in [-0.4, -0.2) is 26.6 Å². The zero-order chi connectivity index (χ0) is 18.2. The molecule has 0 N–H and O–H groups in total. The van der Waals surface area contributed by atoms with Crippen LogP contribution in [0.3, 0.4) is 0 Å². The van der Waals surface area contributed by atoms with Gasteiger partial charge in [0.05, 0.1) is 17.8 Å². The molecule has 0 fully saturated rings. The Morgan fingerprint density at radius 1 is 1.28 bits per heavy atom. The van der Waals surface area contributed by atoms with Crippen LogP contribution < -0.4 is 9.04 Å². The Bertz CT molecular complexity index is 965. The number of halogens is 3. The molecule has 1 aliphatic heterocycles. The lowest BCUT2D eigenvalue weighted by atomic mass is 10.2. The van der Waals surface area contributed by atoms with Gasteiger partial charge in [-0.2, -0.15) is 13.2 Å². The maximum Gasteiger partial charge on any atom is 0.417 e. The third kappa shape index (κ3) is 3.00. The smallest absolute Gasteiger partial charge is 0.417 e. The fourth-order valence-electron chi connectivity index (χ4n) is 2.47. The van der Waals surface area contributed by atoms with Crippen molar-refractivity contribution in [1.29, 1.82) is 0 Å². The van der Waals surface area contributed by atoms with Crippen LogP contribution in [0.15, 0.2) is 41.6 Å². The highest BCUT2D eigenvalue weighted by Crippen LogP contribution is 2.39. The summed E-state index contributed by atoms with van der Waals surface area (Å²) in [5.74, 6) is 2.58. The Kier molecular flexibility index (Phi) is 4.08. The number of anilines is 1. The standard InChI is InChI=1S/C16H11F3N2O3S/c1-2-11-3-4-14-13(9-11)21(7-8-24-14)25(22,23)15-10-20-6-5-12(15)16(17,18)19/h1,3-6,9-10H,7-8H2. The number of aromatic nitrogens is 1.